The average molecular weight is 639 g/mol. The van der Waals surface area contributed by atoms with Gasteiger partial charge in [0, 0.05) is 27.3 Å². The van der Waals surface area contributed by atoms with Crippen LogP contribution in [0.4, 0.5) is 0 Å². The average Bonchev–Trinajstić information content (AvgIpc) is 3.74. The van der Waals surface area contributed by atoms with E-state index in [-0.39, 0.29) is 0 Å². The van der Waals surface area contributed by atoms with Gasteiger partial charge in [-0.25, -0.2) is 0 Å². The van der Waals surface area contributed by atoms with Crippen LogP contribution in [0.3, 0.4) is 0 Å². The summed E-state index contributed by atoms with van der Waals surface area (Å²) in [7, 11) is 0. The summed E-state index contributed by atoms with van der Waals surface area (Å²) in [5.74, 6) is 0.958. The molecule has 1 aliphatic carbocycles. The zero-order valence-electron chi connectivity index (χ0n) is 27.2. The lowest BCUT2D eigenvalue weighted by Crippen LogP contribution is -1.92. The minimum atomic E-state index is 0.870. The quantitative estimate of drug-likeness (QED) is 0.180. The van der Waals surface area contributed by atoms with Crippen molar-refractivity contribution in [2.75, 3.05) is 0 Å². The maximum atomic E-state index is 6.85. The zero-order chi connectivity index (χ0) is 32.8. The molecule has 0 radical (unpaired) electrons. The maximum absolute atomic E-state index is 6.85. The molecule has 0 N–H and O–H groups in total. The van der Waals surface area contributed by atoms with E-state index in [0.29, 0.717) is 0 Å². The van der Waals surface area contributed by atoms with E-state index in [1.54, 1.807) is 0 Å². The summed E-state index contributed by atoms with van der Waals surface area (Å²) in [5, 5.41) is 10.7. The Bertz CT molecular complexity index is 2980. The van der Waals surface area contributed by atoms with Gasteiger partial charge in [-0.2, -0.15) is 0 Å². The van der Waals surface area contributed by atoms with Gasteiger partial charge in [-0.3, -0.25) is 0 Å². The van der Waals surface area contributed by atoms with Gasteiger partial charge >= 0.3 is 0 Å². The molecule has 0 saturated heterocycles. The third kappa shape index (κ3) is 3.90. The second-order valence-corrected chi connectivity index (χ2v) is 13.4. The molecule has 8 aromatic carbocycles. The predicted molar refractivity (Wildman–Crippen MR) is 210 cm³/mol. The van der Waals surface area contributed by atoms with Crippen LogP contribution in [-0.2, 0) is 6.42 Å². The first-order chi connectivity index (χ1) is 24.8. The van der Waals surface area contributed by atoms with Gasteiger partial charge in [0.25, 0.3) is 0 Å². The second-order valence-electron chi connectivity index (χ2n) is 13.4. The second kappa shape index (κ2) is 10.6. The molecule has 2 heteroatoms. The summed E-state index contributed by atoms with van der Waals surface area (Å²) in [5.41, 5.74) is 11.0. The lowest BCUT2D eigenvalue weighted by atomic mass is 9.84. The predicted octanol–water partition coefficient (Wildman–Crippen LogP) is 13.8. The van der Waals surface area contributed by atoms with Gasteiger partial charge in [0.1, 0.15) is 22.5 Å². The van der Waals surface area contributed by atoms with Gasteiger partial charge in [0.15, 0.2) is 0 Å². The van der Waals surface area contributed by atoms with Crippen LogP contribution in [0.5, 0.6) is 0 Å². The number of benzene rings is 8. The van der Waals surface area contributed by atoms with Crippen LogP contribution in [0.15, 0.2) is 161 Å². The minimum Gasteiger partial charge on any atom is -0.456 e. The summed E-state index contributed by atoms with van der Waals surface area (Å²) in [6.07, 6.45) is 6.34. The normalized spacial score (nSPS) is 13.0. The Morgan fingerprint density at radius 1 is 0.420 bits per heavy atom. The molecule has 50 heavy (non-hydrogen) atoms. The highest BCUT2D eigenvalue weighted by Gasteiger charge is 2.27. The lowest BCUT2D eigenvalue weighted by molar-refractivity contribution is 0.595. The van der Waals surface area contributed by atoms with Gasteiger partial charge in [0.05, 0.1) is 5.56 Å². The molecule has 0 fully saturated rings. The largest absolute Gasteiger partial charge is 0.456 e. The molecule has 2 heterocycles. The molecule has 2 nitrogen and oxygen atoms in total. The van der Waals surface area contributed by atoms with Crippen molar-refractivity contribution in [3.8, 4) is 33.4 Å². The topological polar surface area (TPSA) is 26.3 Å². The fraction of sp³-hybridized carbons (Fsp3) is 0.0417. The van der Waals surface area contributed by atoms with Crippen molar-refractivity contribution in [2.45, 2.75) is 12.8 Å². The fourth-order valence-electron chi connectivity index (χ4n) is 8.54. The van der Waals surface area contributed by atoms with E-state index in [0.717, 1.165) is 57.3 Å². The van der Waals surface area contributed by atoms with Gasteiger partial charge in [-0.05, 0) is 91.7 Å². The Kier molecular flexibility index (Phi) is 5.82. The van der Waals surface area contributed by atoms with Gasteiger partial charge in [-0.15, -0.1) is 0 Å². The van der Waals surface area contributed by atoms with Gasteiger partial charge in [0.2, 0.25) is 0 Å². The lowest BCUT2D eigenvalue weighted by Gasteiger charge is -2.18. The Hall–Kier alpha value is -6.38. The summed E-state index contributed by atoms with van der Waals surface area (Å²) in [6, 6.07) is 52.7. The molecule has 234 valence electrons. The number of hydrogen-bond acceptors (Lipinski definition) is 2. The first-order valence-electron chi connectivity index (χ1n) is 17.4. The van der Waals surface area contributed by atoms with Crippen molar-refractivity contribution in [1.29, 1.82) is 0 Å². The third-order valence-electron chi connectivity index (χ3n) is 10.7. The van der Waals surface area contributed by atoms with E-state index in [2.05, 4.69) is 152 Å². The number of rotatable bonds is 3. The van der Waals surface area contributed by atoms with Gasteiger partial charge < -0.3 is 8.83 Å². The SMILES string of the molecule is C1=Cc2oc3c(-c4c5ccccc5c(-c5cccc(-c6cccc7ccccc67)c5)c5ccccc45)c4oc5ccccc5c4cc3c2CC1. The molecule has 2 aromatic heterocycles. The highest BCUT2D eigenvalue weighted by molar-refractivity contribution is 6.28. The molecular formula is C48H30O2. The number of para-hydroxylation sites is 1. The third-order valence-corrected chi connectivity index (χ3v) is 10.7. The number of hydrogen-bond donors (Lipinski definition) is 0. The monoisotopic (exact) mass is 638 g/mol. The van der Waals surface area contributed by atoms with Crippen LogP contribution in [0.1, 0.15) is 17.7 Å². The number of allylic oxidation sites excluding steroid dienone is 1. The molecule has 0 amide bonds. The first kappa shape index (κ1) is 27.6. The summed E-state index contributed by atoms with van der Waals surface area (Å²) in [4.78, 5) is 0. The van der Waals surface area contributed by atoms with Crippen molar-refractivity contribution in [3.05, 3.63) is 163 Å². The van der Waals surface area contributed by atoms with E-state index in [4.69, 9.17) is 8.83 Å². The fourth-order valence-corrected chi connectivity index (χ4v) is 8.54. The van der Waals surface area contributed by atoms with E-state index in [1.165, 1.54) is 65.5 Å². The van der Waals surface area contributed by atoms with Crippen LogP contribution in [-0.4, -0.2) is 0 Å². The summed E-state index contributed by atoms with van der Waals surface area (Å²) >= 11 is 0. The molecule has 0 unspecified atom stereocenters. The highest BCUT2D eigenvalue weighted by Crippen LogP contribution is 2.51. The molecule has 0 saturated carbocycles. The Morgan fingerprint density at radius 3 is 1.84 bits per heavy atom. The zero-order valence-corrected chi connectivity index (χ0v) is 27.2. The number of fused-ring (bicyclic) bond motifs is 9. The van der Waals surface area contributed by atoms with Crippen molar-refractivity contribution >= 4 is 71.3 Å². The van der Waals surface area contributed by atoms with Crippen molar-refractivity contribution in [1.82, 2.24) is 0 Å². The van der Waals surface area contributed by atoms with Crippen molar-refractivity contribution < 1.29 is 8.83 Å². The Labute approximate surface area is 288 Å². The van der Waals surface area contributed by atoms with E-state index >= 15 is 0 Å². The van der Waals surface area contributed by atoms with Crippen LogP contribution < -0.4 is 0 Å². The first-order valence-corrected chi connectivity index (χ1v) is 17.4. The molecule has 0 aliphatic heterocycles. The molecule has 0 spiro atoms. The number of furan rings is 2. The molecular weight excluding hydrogens is 609 g/mol. The molecule has 1 aliphatic rings. The van der Waals surface area contributed by atoms with Crippen molar-refractivity contribution in [3.63, 3.8) is 0 Å². The Balaban J connectivity index is 1.26. The van der Waals surface area contributed by atoms with E-state index in [1.807, 2.05) is 6.07 Å². The molecule has 10 aromatic rings. The van der Waals surface area contributed by atoms with E-state index in [9.17, 15) is 0 Å². The smallest absolute Gasteiger partial charge is 0.147 e. The van der Waals surface area contributed by atoms with Crippen LogP contribution in [0, 0.1) is 0 Å². The van der Waals surface area contributed by atoms with Crippen molar-refractivity contribution in [2.24, 2.45) is 0 Å². The van der Waals surface area contributed by atoms with Crippen LogP contribution >= 0.6 is 0 Å². The summed E-state index contributed by atoms with van der Waals surface area (Å²) in [6.45, 7) is 0. The Morgan fingerprint density at radius 2 is 1.04 bits per heavy atom. The molecule has 11 rings (SSSR count). The van der Waals surface area contributed by atoms with Gasteiger partial charge in [-0.1, -0.05) is 133 Å². The van der Waals surface area contributed by atoms with Crippen LogP contribution in [0.25, 0.3) is 105 Å². The molecule has 0 bridgehead atoms. The summed E-state index contributed by atoms with van der Waals surface area (Å²) < 4.78 is 13.7. The standard InChI is InChI=1S/C48H30O2/c1-2-17-32-29(13-1)14-12-24-33(32)30-15-11-16-31(27-30)44-36-20-3-5-22-38(36)45(39-23-6-4-21-37(39)44)46-47-40(34-18-7-9-25-42(34)49-47)28-41-35-19-8-10-26-43(35)50-48(41)46/h1-7,9-18,20-28H,8,19H2. The number of aryl methyl sites for hydroxylation is 1. The highest BCUT2D eigenvalue weighted by atomic mass is 16.3. The van der Waals surface area contributed by atoms with E-state index < -0.39 is 0 Å². The maximum Gasteiger partial charge on any atom is 0.147 e. The minimum absolute atomic E-state index is 0.870. The van der Waals surface area contributed by atoms with Crippen LogP contribution in [0.2, 0.25) is 0 Å². The molecule has 0 atom stereocenters.